The number of nitrogens with one attached hydrogen (secondary N) is 3. The molecule has 1 aromatic carbocycles. The summed E-state index contributed by atoms with van der Waals surface area (Å²) in [7, 11) is 0. The second-order valence-corrected chi connectivity index (χ2v) is 6.92. The number of rotatable bonds is 8. The van der Waals surface area contributed by atoms with E-state index >= 15 is 0 Å². The molecule has 0 saturated heterocycles. The molecule has 0 aliphatic rings. The van der Waals surface area contributed by atoms with Gasteiger partial charge in [-0.1, -0.05) is 11.3 Å². The Morgan fingerprint density at radius 1 is 1.13 bits per heavy atom. The summed E-state index contributed by atoms with van der Waals surface area (Å²) in [4.78, 5) is 27.2. The van der Waals surface area contributed by atoms with Gasteiger partial charge in [-0.05, 0) is 6.07 Å². The van der Waals surface area contributed by atoms with Crippen LogP contribution in [0.25, 0.3) is 0 Å². The van der Waals surface area contributed by atoms with Crippen LogP contribution < -0.4 is 6.15 Å². The van der Waals surface area contributed by atoms with Crippen LogP contribution in [0.4, 0.5) is 13.2 Å². The molecule has 3 aromatic rings. The van der Waals surface area contributed by atoms with Crippen LogP contribution in [0.2, 0.25) is 0 Å². The highest BCUT2D eigenvalue weighted by atomic mass is 32.1. The highest BCUT2D eigenvalue weighted by Crippen LogP contribution is 2.20. The Labute approximate surface area is 171 Å². The van der Waals surface area contributed by atoms with Gasteiger partial charge in [0.1, 0.15) is 28.2 Å². The van der Waals surface area contributed by atoms with Crippen molar-refractivity contribution in [3.05, 3.63) is 68.7 Å². The maximum Gasteiger partial charge on any atom is 0.200 e. The van der Waals surface area contributed by atoms with Crippen LogP contribution in [0.3, 0.4) is 0 Å². The lowest BCUT2D eigenvalue weighted by atomic mass is 10.0. The average molecular weight is 436 g/mol. The number of carbonyl (C=O) groups excluding carboxylic acids is 2. The van der Waals surface area contributed by atoms with Gasteiger partial charge in [-0.2, -0.15) is 0 Å². The molecular formula is C18H15F3N6O2S. The number of hydrogen-bond acceptors (Lipinski definition) is 8. The Morgan fingerprint density at radius 2 is 1.80 bits per heavy atom. The van der Waals surface area contributed by atoms with Crippen LogP contribution in [0.1, 0.15) is 42.8 Å². The monoisotopic (exact) mass is 436 g/mol. The van der Waals surface area contributed by atoms with Crippen molar-refractivity contribution in [3.8, 4) is 0 Å². The normalized spacial score (nSPS) is 10.4. The van der Waals surface area contributed by atoms with Gasteiger partial charge in [0.25, 0.3) is 0 Å². The first-order valence-electron chi connectivity index (χ1n) is 8.12. The van der Waals surface area contributed by atoms with Crippen molar-refractivity contribution in [2.45, 2.75) is 12.8 Å². The summed E-state index contributed by atoms with van der Waals surface area (Å²) in [5, 5.41) is 22.9. The molecule has 2 heterocycles. The molecule has 0 aliphatic carbocycles. The number of halogens is 3. The van der Waals surface area contributed by atoms with E-state index in [2.05, 4.69) is 15.2 Å². The molecule has 0 amide bonds. The van der Waals surface area contributed by atoms with E-state index < -0.39 is 28.8 Å². The molecule has 0 atom stereocenters. The summed E-state index contributed by atoms with van der Waals surface area (Å²) < 4.78 is 40.6. The fourth-order valence-corrected chi connectivity index (χ4v) is 3.23. The Kier molecular flexibility index (Phi) is 7.08. The molecule has 6 N–H and O–H groups in total. The standard InChI is InChI=1S/C18H12F3N5O2S.H3N/c19-9-4-10(20)16(11(21)5-9)17(28)8-3-13(24-7-8)14(27)1-2-15-25-26-18(29-15)12(23)6-22;/h3-7,22-24H,1-2H2;1H3. The first-order valence-corrected chi connectivity index (χ1v) is 8.94. The Balaban J connectivity index is 0.00000320. The number of hydrogen-bond donors (Lipinski definition) is 4. The Morgan fingerprint density at radius 3 is 2.43 bits per heavy atom. The largest absolute Gasteiger partial charge is 0.358 e. The first kappa shape index (κ1) is 22.8. The number of Topliss-reactive ketones (excluding diaryl/α,β-unsaturated/α-hetero) is 1. The Hall–Kier alpha value is -3.51. The third-order valence-electron chi connectivity index (χ3n) is 3.89. The summed E-state index contributed by atoms with van der Waals surface area (Å²) in [5.41, 5.74) is -1.07. The summed E-state index contributed by atoms with van der Waals surface area (Å²) in [5.74, 6) is -5.19. The van der Waals surface area contributed by atoms with Crippen molar-refractivity contribution in [1.29, 1.82) is 10.8 Å². The lowest BCUT2D eigenvalue weighted by Crippen LogP contribution is -2.07. The highest BCUT2D eigenvalue weighted by molar-refractivity contribution is 7.14. The average Bonchev–Trinajstić information content (AvgIpc) is 3.34. The third-order valence-corrected chi connectivity index (χ3v) is 4.90. The van der Waals surface area contributed by atoms with Crippen LogP contribution >= 0.6 is 11.3 Å². The summed E-state index contributed by atoms with van der Waals surface area (Å²) in [6, 6.07) is 1.98. The SMILES string of the molecule is N.N=CC(=N)c1nnc(CCC(=O)c2cc(C(=O)c3c(F)cc(F)cc3F)c[nH]2)s1. The lowest BCUT2D eigenvalue weighted by molar-refractivity contribution is 0.0978. The van der Waals surface area contributed by atoms with Gasteiger partial charge in [0, 0.05) is 42.9 Å². The summed E-state index contributed by atoms with van der Waals surface area (Å²) in [6.45, 7) is 0. The van der Waals surface area contributed by atoms with Gasteiger partial charge in [-0.15, -0.1) is 10.2 Å². The van der Waals surface area contributed by atoms with Crippen molar-refractivity contribution >= 4 is 34.8 Å². The van der Waals surface area contributed by atoms with E-state index in [0.29, 0.717) is 17.1 Å². The molecule has 156 valence electrons. The smallest absolute Gasteiger partial charge is 0.200 e. The van der Waals surface area contributed by atoms with Crippen molar-refractivity contribution < 1.29 is 22.8 Å². The number of ketones is 2. The number of carbonyl (C=O) groups is 2. The number of H-pyrrole nitrogens is 1. The minimum Gasteiger partial charge on any atom is -0.358 e. The molecule has 0 unspecified atom stereocenters. The minimum absolute atomic E-state index is 0. The van der Waals surface area contributed by atoms with E-state index in [1.165, 1.54) is 6.07 Å². The van der Waals surface area contributed by atoms with E-state index in [9.17, 15) is 22.8 Å². The highest BCUT2D eigenvalue weighted by Gasteiger charge is 2.22. The van der Waals surface area contributed by atoms with Gasteiger partial charge in [-0.25, -0.2) is 13.2 Å². The van der Waals surface area contributed by atoms with Gasteiger partial charge in [0.2, 0.25) is 0 Å². The second kappa shape index (κ2) is 9.33. The van der Waals surface area contributed by atoms with E-state index in [1.54, 1.807) is 0 Å². The van der Waals surface area contributed by atoms with Gasteiger partial charge >= 0.3 is 0 Å². The third kappa shape index (κ3) is 4.72. The quantitative estimate of drug-likeness (QED) is 0.314. The van der Waals surface area contributed by atoms with Crippen molar-refractivity contribution in [3.63, 3.8) is 0 Å². The lowest BCUT2D eigenvalue weighted by Gasteiger charge is -2.02. The topological polar surface area (TPSA) is 158 Å². The van der Waals surface area contributed by atoms with Gasteiger partial charge in [-0.3, -0.25) is 15.0 Å². The predicted octanol–water partition coefficient (Wildman–Crippen LogP) is 3.51. The number of aromatic nitrogens is 3. The maximum absolute atomic E-state index is 13.8. The molecule has 0 bridgehead atoms. The fourth-order valence-electron chi connectivity index (χ4n) is 2.47. The van der Waals surface area contributed by atoms with Crippen LogP contribution in [0.15, 0.2) is 24.4 Å². The van der Waals surface area contributed by atoms with E-state index in [4.69, 9.17) is 10.8 Å². The van der Waals surface area contributed by atoms with E-state index in [0.717, 1.165) is 23.7 Å². The number of nitrogens with zero attached hydrogens (tertiary/aromatic N) is 2. The molecule has 8 nitrogen and oxygen atoms in total. The van der Waals surface area contributed by atoms with E-state index in [1.807, 2.05) is 0 Å². The molecule has 30 heavy (non-hydrogen) atoms. The molecule has 0 saturated carbocycles. The molecule has 0 spiro atoms. The number of benzene rings is 1. The molecule has 0 radical (unpaired) electrons. The summed E-state index contributed by atoms with van der Waals surface area (Å²) in [6.07, 6.45) is 2.22. The molecular weight excluding hydrogens is 421 g/mol. The predicted molar refractivity (Wildman–Crippen MR) is 104 cm³/mol. The van der Waals surface area contributed by atoms with Crippen molar-refractivity contribution in [1.82, 2.24) is 21.3 Å². The van der Waals surface area contributed by atoms with Crippen LogP contribution in [0, 0.1) is 28.3 Å². The number of aromatic amines is 1. The van der Waals surface area contributed by atoms with Crippen molar-refractivity contribution in [2.24, 2.45) is 0 Å². The zero-order valence-corrected chi connectivity index (χ0v) is 16.1. The molecule has 0 aliphatic heterocycles. The second-order valence-electron chi connectivity index (χ2n) is 5.86. The fraction of sp³-hybridized carbons (Fsp3) is 0.111. The van der Waals surface area contributed by atoms with Gasteiger partial charge in [0.15, 0.2) is 16.6 Å². The number of aryl methyl sites for hydroxylation is 1. The molecule has 2 aromatic heterocycles. The van der Waals surface area contributed by atoms with Crippen LogP contribution in [-0.2, 0) is 6.42 Å². The first-order chi connectivity index (χ1) is 13.8. The summed E-state index contributed by atoms with van der Waals surface area (Å²) >= 11 is 1.09. The molecule has 3 rings (SSSR count). The zero-order chi connectivity index (χ0) is 21.1. The molecule has 12 heteroatoms. The van der Waals surface area contributed by atoms with Crippen LogP contribution in [-0.4, -0.2) is 38.7 Å². The molecule has 0 fully saturated rings. The van der Waals surface area contributed by atoms with Crippen molar-refractivity contribution in [2.75, 3.05) is 0 Å². The van der Waals surface area contributed by atoms with Crippen LogP contribution in [0.5, 0.6) is 0 Å². The maximum atomic E-state index is 13.8. The van der Waals surface area contributed by atoms with E-state index in [-0.39, 0.29) is 46.8 Å². The van der Waals surface area contributed by atoms with Gasteiger partial charge in [0.05, 0.1) is 11.3 Å². The Bertz CT molecular complexity index is 1120. The van der Waals surface area contributed by atoms with Gasteiger partial charge < -0.3 is 16.5 Å². The minimum atomic E-state index is -1.33. The zero-order valence-electron chi connectivity index (χ0n) is 15.3.